The number of carbonyl (C=O) groups is 2. The molecule has 0 spiro atoms. The van der Waals surface area contributed by atoms with Gasteiger partial charge in [-0.3, -0.25) is 9.78 Å². The van der Waals surface area contributed by atoms with Gasteiger partial charge in [-0.1, -0.05) is 6.07 Å². The maximum Gasteiger partial charge on any atom is 0.433 e. The molecule has 1 fully saturated rings. The number of aromatic carboxylic acids is 1. The lowest BCUT2D eigenvalue weighted by molar-refractivity contribution is -0.141. The Morgan fingerprint density at radius 2 is 2.03 bits per heavy atom. The van der Waals surface area contributed by atoms with Crippen molar-refractivity contribution in [3.05, 3.63) is 52.6 Å². The number of halogens is 3. The van der Waals surface area contributed by atoms with E-state index in [1.165, 1.54) is 12.1 Å². The summed E-state index contributed by atoms with van der Waals surface area (Å²) in [5, 5.41) is 9.43. The number of hydrogen-bond acceptors (Lipinski definition) is 4. The van der Waals surface area contributed by atoms with E-state index in [0.29, 0.717) is 43.8 Å². The van der Waals surface area contributed by atoms with Crippen LogP contribution in [0.3, 0.4) is 0 Å². The summed E-state index contributed by atoms with van der Waals surface area (Å²) < 4.78 is 45.3. The normalized spacial score (nSPS) is 19.3. The molecule has 0 aliphatic carbocycles. The molecule has 1 unspecified atom stereocenters. The first-order valence-corrected chi connectivity index (χ1v) is 9.15. The van der Waals surface area contributed by atoms with Gasteiger partial charge < -0.3 is 19.3 Å². The number of fused-ring (bicyclic) bond motifs is 1. The smallest absolute Gasteiger partial charge is 0.433 e. The molecule has 2 aromatic rings. The van der Waals surface area contributed by atoms with Crippen molar-refractivity contribution >= 4 is 11.9 Å². The molecule has 2 aliphatic heterocycles. The molecule has 0 radical (unpaired) electrons. The van der Waals surface area contributed by atoms with Gasteiger partial charge in [-0.25, -0.2) is 4.79 Å². The lowest BCUT2D eigenvalue weighted by Gasteiger charge is -2.26. The zero-order valence-corrected chi connectivity index (χ0v) is 15.3. The van der Waals surface area contributed by atoms with Gasteiger partial charge >= 0.3 is 12.1 Å². The second-order valence-corrected chi connectivity index (χ2v) is 7.03. The van der Waals surface area contributed by atoms with Crippen LogP contribution in [-0.4, -0.2) is 44.6 Å². The highest BCUT2D eigenvalue weighted by atomic mass is 19.4. The third-order valence-corrected chi connectivity index (χ3v) is 5.33. The average molecular weight is 409 g/mol. The zero-order valence-electron chi connectivity index (χ0n) is 15.3. The Hall–Kier alpha value is -2.88. The van der Waals surface area contributed by atoms with Crippen molar-refractivity contribution in [3.8, 4) is 0 Å². The number of amides is 1. The monoisotopic (exact) mass is 409 g/mol. The third-order valence-electron chi connectivity index (χ3n) is 5.33. The predicted octanol–water partition coefficient (Wildman–Crippen LogP) is 3.11. The van der Waals surface area contributed by atoms with Gasteiger partial charge in [0.25, 0.3) is 5.91 Å². The molecule has 7 nitrogen and oxygen atoms in total. The van der Waals surface area contributed by atoms with Crippen molar-refractivity contribution in [3.63, 3.8) is 0 Å². The number of carboxylic acid groups (broad SMARTS) is 1. The van der Waals surface area contributed by atoms with E-state index in [-0.39, 0.29) is 23.8 Å². The molecular formula is C19H18F3N3O4. The van der Waals surface area contributed by atoms with E-state index in [0.717, 1.165) is 12.3 Å². The third kappa shape index (κ3) is 3.48. The minimum absolute atomic E-state index is 0.0278. The van der Waals surface area contributed by atoms with Crippen molar-refractivity contribution < 1.29 is 32.6 Å². The molecule has 0 aromatic carbocycles. The molecule has 2 aromatic heterocycles. The van der Waals surface area contributed by atoms with Crippen molar-refractivity contribution in [2.75, 3.05) is 13.2 Å². The summed E-state index contributed by atoms with van der Waals surface area (Å²) >= 11 is 0. The number of hydrogen-bond donors (Lipinski definition) is 1. The van der Waals surface area contributed by atoms with Crippen molar-refractivity contribution in [1.82, 2.24) is 14.5 Å². The van der Waals surface area contributed by atoms with Crippen molar-refractivity contribution in [1.29, 1.82) is 0 Å². The summed E-state index contributed by atoms with van der Waals surface area (Å²) in [5.41, 5.74) is 0.270. The van der Waals surface area contributed by atoms with Gasteiger partial charge in [0.05, 0.1) is 30.5 Å². The van der Waals surface area contributed by atoms with Gasteiger partial charge in [-0.05, 0) is 30.5 Å². The molecule has 1 N–H and O–H groups in total. The molecule has 0 bridgehead atoms. The number of aromatic nitrogens is 2. The van der Waals surface area contributed by atoms with Gasteiger partial charge in [0, 0.05) is 19.3 Å². The van der Waals surface area contributed by atoms with Gasteiger partial charge in [-0.15, -0.1) is 0 Å². The summed E-state index contributed by atoms with van der Waals surface area (Å²) in [5.74, 6) is -1.48. The molecule has 2 aliphatic rings. The van der Waals surface area contributed by atoms with Crippen LogP contribution in [0.5, 0.6) is 0 Å². The van der Waals surface area contributed by atoms with Crippen LogP contribution in [0.4, 0.5) is 13.2 Å². The molecule has 10 heteroatoms. The first-order chi connectivity index (χ1) is 13.8. The second kappa shape index (κ2) is 7.18. The number of pyridine rings is 1. The highest BCUT2D eigenvalue weighted by molar-refractivity contribution is 5.98. The number of nitrogens with zero attached hydrogens (tertiary/aromatic N) is 3. The highest BCUT2D eigenvalue weighted by Crippen LogP contribution is 2.35. The minimum atomic E-state index is -4.52. The van der Waals surface area contributed by atoms with E-state index in [2.05, 4.69) is 4.98 Å². The Bertz CT molecular complexity index is 953. The molecule has 1 amide bonds. The van der Waals surface area contributed by atoms with Crippen molar-refractivity contribution in [2.24, 2.45) is 0 Å². The number of ether oxygens (including phenoxy) is 1. The van der Waals surface area contributed by atoms with Crippen LogP contribution in [0, 0.1) is 0 Å². The zero-order chi connectivity index (χ0) is 20.8. The molecule has 1 saturated heterocycles. The summed E-state index contributed by atoms with van der Waals surface area (Å²) in [6.45, 7) is 1.28. The lowest BCUT2D eigenvalue weighted by atomic mass is 10.1. The largest absolute Gasteiger partial charge is 0.478 e. The summed E-state index contributed by atoms with van der Waals surface area (Å²) in [7, 11) is 0. The number of rotatable bonds is 3. The number of likely N-dealkylation sites (tertiary alicyclic amines) is 1. The first kappa shape index (κ1) is 19.4. The maximum absolute atomic E-state index is 13.2. The molecule has 154 valence electrons. The van der Waals surface area contributed by atoms with E-state index >= 15 is 0 Å². The second-order valence-electron chi connectivity index (χ2n) is 7.03. The first-order valence-electron chi connectivity index (χ1n) is 9.15. The molecule has 0 saturated carbocycles. The maximum atomic E-state index is 13.2. The minimum Gasteiger partial charge on any atom is -0.478 e. The summed E-state index contributed by atoms with van der Waals surface area (Å²) in [4.78, 5) is 29.8. The molecule has 4 rings (SSSR count). The number of carboxylic acids is 1. The highest BCUT2D eigenvalue weighted by Gasteiger charge is 2.36. The Kier molecular flexibility index (Phi) is 4.81. The van der Waals surface area contributed by atoms with Gasteiger partial charge in [-0.2, -0.15) is 13.2 Å². The van der Waals surface area contributed by atoms with E-state index in [1.807, 2.05) is 0 Å². The van der Waals surface area contributed by atoms with Crippen LogP contribution in [0.15, 0.2) is 24.4 Å². The van der Waals surface area contributed by atoms with E-state index < -0.39 is 23.9 Å². The Morgan fingerprint density at radius 1 is 1.24 bits per heavy atom. The Balaban J connectivity index is 1.64. The van der Waals surface area contributed by atoms with E-state index in [4.69, 9.17) is 4.74 Å². The SMILES string of the molecule is O=C(O)c1cc(C(=O)N2CCCC2c2ccc(C(F)(F)F)nc2)n2c1COCC2. The fourth-order valence-corrected chi connectivity index (χ4v) is 3.96. The lowest BCUT2D eigenvalue weighted by Crippen LogP contribution is -2.33. The van der Waals surface area contributed by atoms with Crippen LogP contribution >= 0.6 is 0 Å². The van der Waals surface area contributed by atoms with E-state index in [9.17, 15) is 27.9 Å². The number of alkyl halides is 3. The summed E-state index contributed by atoms with van der Waals surface area (Å²) in [6, 6.07) is 3.21. The Labute approximate surface area is 163 Å². The molecule has 1 atom stereocenters. The quantitative estimate of drug-likeness (QED) is 0.842. The molecular weight excluding hydrogens is 391 g/mol. The van der Waals surface area contributed by atoms with Crippen LogP contribution in [0.1, 0.15) is 56.7 Å². The fraction of sp³-hybridized carbons (Fsp3) is 0.421. The molecule has 4 heterocycles. The fourth-order valence-electron chi connectivity index (χ4n) is 3.96. The summed E-state index contributed by atoms with van der Waals surface area (Å²) in [6.07, 6.45) is -2.08. The van der Waals surface area contributed by atoms with Crippen molar-refractivity contribution in [2.45, 2.75) is 38.2 Å². The van der Waals surface area contributed by atoms with Gasteiger partial charge in [0.2, 0.25) is 0 Å². The number of carbonyl (C=O) groups excluding carboxylic acids is 1. The molecule has 29 heavy (non-hydrogen) atoms. The predicted molar refractivity (Wildman–Crippen MR) is 93.3 cm³/mol. The van der Waals surface area contributed by atoms with Crippen LogP contribution in [0.25, 0.3) is 0 Å². The van der Waals surface area contributed by atoms with Gasteiger partial charge in [0.1, 0.15) is 11.4 Å². The van der Waals surface area contributed by atoms with Crippen LogP contribution in [0.2, 0.25) is 0 Å². The standard InChI is InChI=1S/C19H18F3N3O4/c20-19(21,22)16-4-3-11(9-23-16)13-2-1-5-25(13)17(26)14-8-12(18(27)28)15-10-29-7-6-24(14)15/h3-4,8-9,13H,1-2,5-7,10H2,(H,27,28). The van der Waals surface area contributed by atoms with E-state index in [1.54, 1.807) is 9.47 Å². The topological polar surface area (TPSA) is 84.7 Å². The van der Waals surface area contributed by atoms with Crippen LogP contribution in [-0.2, 0) is 24.1 Å². The average Bonchev–Trinajstić information content (AvgIpc) is 3.32. The Morgan fingerprint density at radius 3 is 2.69 bits per heavy atom. The van der Waals surface area contributed by atoms with Crippen LogP contribution < -0.4 is 0 Å². The van der Waals surface area contributed by atoms with Gasteiger partial charge in [0.15, 0.2) is 0 Å².